The average molecular weight is 390 g/mol. The molecule has 0 spiro atoms. The summed E-state index contributed by atoms with van der Waals surface area (Å²) in [5, 5.41) is 4.07. The number of benzene rings is 2. The maximum Gasteiger partial charge on any atom is 0.337 e. The molecule has 26 heavy (non-hydrogen) atoms. The number of hydrogen-bond acceptors (Lipinski definition) is 5. The summed E-state index contributed by atoms with van der Waals surface area (Å²) in [7, 11) is 1.32. The van der Waals surface area contributed by atoms with Crippen LogP contribution in [0.3, 0.4) is 0 Å². The minimum atomic E-state index is -0.448. The van der Waals surface area contributed by atoms with Crippen LogP contribution in [0, 0.1) is 6.92 Å². The van der Waals surface area contributed by atoms with E-state index in [2.05, 4.69) is 15.3 Å². The lowest BCUT2D eigenvalue weighted by Gasteiger charge is -2.09. The molecule has 0 aliphatic rings. The molecule has 0 unspecified atom stereocenters. The van der Waals surface area contributed by atoms with E-state index in [1.54, 1.807) is 30.3 Å². The van der Waals surface area contributed by atoms with Crippen molar-refractivity contribution in [2.75, 3.05) is 18.2 Å². The van der Waals surface area contributed by atoms with Crippen molar-refractivity contribution in [2.45, 2.75) is 12.1 Å². The van der Waals surface area contributed by atoms with Gasteiger partial charge in [-0.2, -0.15) is 0 Å². The number of fused-ring (bicyclic) bond motifs is 1. The molecule has 1 aromatic heterocycles. The zero-order chi connectivity index (χ0) is 18.7. The summed E-state index contributed by atoms with van der Waals surface area (Å²) in [5.74, 6) is -0.468. The van der Waals surface area contributed by atoms with Crippen LogP contribution in [0.15, 0.2) is 41.6 Å². The van der Waals surface area contributed by atoms with Gasteiger partial charge in [0.1, 0.15) is 0 Å². The lowest BCUT2D eigenvalue weighted by molar-refractivity contribution is -0.113. The zero-order valence-electron chi connectivity index (χ0n) is 14.1. The number of nitrogens with one attached hydrogen (secondary N) is 2. The predicted octanol–water partition coefficient (Wildman–Crippen LogP) is 4.04. The molecular weight excluding hydrogens is 374 g/mol. The molecule has 3 rings (SSSR count). The molecule has 0 aliphatic heterocycles. The molecule has 0 saturated heterocycles. The predicted molar refractivity (Wildman–Crippen MR) is 103 cm³/mol. The summed E-state index contributed by atoms with van der Waals surface area (Å²) in [5.41, 5.74) is 3.43. The summed E-state index contributed by atoms with van der Waals surface area (Å²) >= 11 is 7.24. The largest absolute Gasteiger partial charge is 0.465 e. The Hall–Kier alpha value is -2.51. The number of aromatic nitrogens is 2. The van der Waals surface area contributed by atoms with E-state index >= 15 is 0 Å². The molecule has 6 nitrogen and oxygen atoms in total. The highest BCUT2D eigenvalue weighted by atomic mass is 35.5. The lowest BCUT2D eigenvalue weighted by atomic mass is 10.1. The fraction of sp³-hybridized carbons (Fsp3) is 0.167. The maximum absolute atomic E-state index is 12.2. The number of aromatic amines is 1. The van der Waals surface area contributed by atoms with Crippen LogP contribution in [0.5, 0.6) is 0 Å². The highest BCUT2D eigenvalue weighted by Crippen LogP contribution is 2.23. The second-order valence-electron chi connectivity index (χ2n) is 5.56. The van der Waals surface area contributed by atoms with E-state index in [-0.39, 0.29) is 11.7 Å². The second kappa shape index (κ2) is 7.80. The van der Waals surface area contributed by atoms with E-state index in [4.69, 9.17) is 16.3 Å². The Balaban J connectivity index is 1.66. The molecule has 2 N–H and O–H groups in total. The van der Waals surface area contributed by atoms with E-state index in [1.165, 1.54) is 18.9 Å². The maximum atomic E-state index is 12.2. The van der Waals surface area contributed by atoms with Gasteiger partial charge in [-0.25, -0.2) is 9.78 Å². The van der Waals surface area contributed by atoms with Crippen LogP contribution in [0.4, 0.5) is 5.69 Å². The van der Waals surface area contributed by atoms with E-state index < -0.39 is 5.97 Å². The topological polar surface area (TPSA) is 84.1 Å². The first-order valence-electron chi connectivity index (χ1n) is 7.73. The Morgan fingerprint density at radius 2 is 2.08 bits per heavy atom. The molecule has 0 aliphatic carbocycles. The van der Waals surface area contributed by atoms with Crippen LogP contribution in [-0.2, 0) is 9.53 Å². The number of methoxy groups -OCH3 is 1. The fourth-order valence-electron chi connectivity index (χ4n) is 2.35. The zero-order valence-corrected chi connectivity index (χ0v) is 15.7. The van der Waals surface area contributed by atoms with Gasteiger partial charge in [0.05, 0.1) is 29.5 Å². The van der Waals surface area contributed by atoms with Crippen molar-refractivity contribution in [2.24, 2.45) is 0 Å². The molecule has 1 heterocycles. The number of carbonyl (C=O) groups excluding carboxylic acids is 2. The molecule has 0 radical (unpaired) electrons. The molecule has 8 heteroatoms. The van der Waals surface area contributed by atoms with Crippen LogP contribution < -0.4 is 5.32 Å². The van der Waals surface area contributed by atoms with Gasteiger partial charge in [-0.3, -0.25) is 4.79 Å². The lowest BCUT2D eigenvalue weighted by Crippen LogP contribution is -2.15. The number of esters is 1. The van der Waals surface area contributed by atoms with Crippen molar-refractivity contribution in [3.8, 4) is 0 Å². The number of anilines is 1. The molecule has 0 bridgehead atoms. The van der Waals surface area contributed by atoms with Crippen LogP contribution in [0.1, 0.15) is 15.9 Å². The van der Waals surface area contributed by atoms with Gasteiger partial charge in [0.25, 0.3) is 0 Å². The van der Waals surface area contributed by atoms with Crippen molar-refractivity contribution >= 4 is 52.0 Å². The number of thioether (sulfide) groups is 1. The van der Waals surface area contributed by atoms with E-state index in [0.29, 0.717) is 21.4 Å². The minimum Gasteiger partial charge on any atom is -0.465 e. The van der Waals surface area contributed by atoms with Gasteiger partial charge in [0.2, 0.25) is 5.91 Å². The highest BCUT2D eigenvalue weighted by molar-refractivity contribution is 7.99. The van der Waals surface area contributed by atoms with Gasteiger partial charge in [0.15, 0.2) is 5.16 Å². The van der Waals surface area contributed by atoms with Crippen molar-refractivity contribution in [1.29, 1.82) is 0 Å². The fourth-order valence-corrected chi connectivity index (χ4v) is 3.21. The van der Waals surface area contributed by atoms with Gasteiger partial charge >= 0.3 is 5.97 Å². The van der Waals surface area contributed by atoms with Crippen molar-refractivity contribution in [3.63, 3.8) is 0 Å². The summed E-state index contributed by atoms with van der Waals surface area (Å²) in [6.45, 7) is 1.85. The average Bonchev–Trinajstić information content (AvgIpc) is 3.03. The number of H-pyrrole nitrogens is 1. The Bertz CT molecular complexity index is 987. The number of carbonyl (C=O) groups is 2. The Kier molecular flexibility index (Phi) is 5.49. The molecule has 134 valence electrons. The smallest absolute Gasteiger partial charge is 0.337 e. The molecule has 0 fully saturated rings. The Morgan fingerprint density at radius 1 is 1.27 bits per heavy atom. The molecule has 2 aromatic carbocycles. The normalized spacial score (nSPS) is 10.7. The second-order valence-corrected chi connectivity index (χ2v) is 6.96. The first kappa shape index (κ1) is 18.3. The van der Waals surface area contributed by atoms with Crippen molar-refractivity contribution in [1.82, 2.24) is 9.97 Å². The number of imidazole rings is 1. The van der Waals surface area contributed by atoms with Crippen molar-refractivity contribution < 1.29 is 14.3 Å². The molecule has 0 saturated carbocycles. The number of ether oxygens (including phenoxy) is 1. The first-order valence-corrected chi connectivity index (χ1v) is 9.09. The van der Waals surface area contributed by atoms with Crippen LogP contribution in [0.2, 0.25) is 5.02 Å². The monoisotopic (exact) mass is 389 g/mol. The van der Waals surface area contributed by atoms with Gasteiger partial charge in [-0.15, -0.1) is 0 Å². The summed E-state index contributed by atoms with van der Waals surface area (Å²) in [6.07, 6.45) is 0. The van der Waals surface area contributed by atoms with Crippen LogP contribution >= 0.6 is 23.4 Å². The van der Waals surface area contributed by atoms with Gasteiger partial charge < -0.3 is 15.0 Å². The van der Waals surface area contributed by atoms with Gasteiger partial charge in [0, 0.05) is 10.7 Å². The van der Waals surface area contributed by atoms with Crippen molar-refractivity contribution in [3.05, 3.63) is 52.5 Å². The SMILES string of the molecule is COC(=O)c1ccc(C)c(NC(=O)CSc2nc3ccc(Cl)cc3[nH]2)c1. The van der Waals surface area contributed by atoms with Gasteiger partial charge in [-0.05, 0) is 42.8 Å². The number of aryl methyl sites for hydroxylation is 1. The van der Waals surface area contributed by atoms with E-state index in [1.807, 2.05) is 13.0 Å². The van der Waals surface area contributed by atoms with E-state index in [0.717, 1.165) is 16.6 Å². The number of hydrogen-bond donors (Lipinski definition) is 2. The van der Waals surface area contributed by atoms with E-state index in [9.17, 15) is 9.59 Å². The minimum absolute atomic E-state index is 0.176. The third-order valence-corrected chi connectivity index (χ3v) is 4.80. The highest BCUT2D eigenvalue weighted by Gasteiger charge is 2.12. The standard InChI is InChI=1S/C18H16ClN3O3S/c1-10-3-4-11(17(24)25-2)7-14(10)20-16(23)9-26-18-21-13-6-5-12(19)8-15(13)22-18/h3-8H,9H2,1-2H3,(H,20,23)(H,21,22). The summed E-state index contributed by atoms with van der Waals surface area (Å²) in [6, 6.07) is 10.4. The van der Waals surface area contributed by atoms with Crippen LogP contribution in [0.25, 0.3) is 11.0 Å². The quantitative estimate of drug-likeness (QED) is 0.508. The third kappa shape index (κ3) is 4.17. The molecular formula is C18H16ClN3O3S. The van der Waals surface area contributed by atoms with Crippen LogP contribution in [-0.4, -0.2) is 34.7 Å². The molecule has 0 atom stereocenters. The summed E-state index contributed by atoms with van der Waals surface area (Å²) < 4.78 is 4.70. The Morgan fingerprint density at radius 3 is 2.85 bits per heavy atom. The number of halogens is 1. The summed E-state index contributed by atoms with van der Waals surface area (Å²) in [4.78, 5) is 31.4. The first-order chi connectivity index (χ1) is 12.5. The van der Waals surface area contributed by atoms with Gasteiger partial charge in [-0.1, -0.05) is 29.4 Å². The number of rotatable bonds is 5. The molecule has 1 amide bonds. The number of nitrogens with zero attached hydrogens (tertiary/aromatic N) is 1. The Labute approximate surface area is 159 Å². The number of amides is 1. The molecule has 3 aromatic rings. The third-order valence-electron chi connectivity index (χ3n) is 3.69.